The highest BCUT2D eigenvalue weighted by Gasteiger charge is 2.18. The fraction of sp³-hybridized carbons (Fsp3) is 0.353. The van der Waals surface area contributed by atoms with Gasteiger partial charge in [-0.15, -0.1) is 5.10 Å². The van der Waals surface area contributed by atoms with Crippen LogP contribution in [0.2, 0.25) is 0 Å². The van der Waals surface area contributed by atoms with E-state index in [1.165, 1.54) is 23.8 Å². The summed E-state index contributed by atoms with van der Waals surface area (Å²) >= 11 is 0. The van der Waals surface area contributed by atoms with Crippen LogP contribution in [-0.4, -0.2) is 26.5 Å². The molecule has 1 saturated carbocycles. The van der Waals surface area contributed by atoms with Gasteiger partial charge in [-0.05, 0) is 31.0 Å². The average molecular weight is 325 g/mol. The second kappa shape index (κ2) is 5.99. The molecule has 3 aromatic rings. The van der Waals surface area contributed by atoms with E-state index >= 15 is 0 Å². The molecule has 1 fully saturated rings. The molecule has 0 spiro atoms. The summed E-state index contributed by atoms with van der Waals surface area (Å²) in [5.74, 6) is 0.785. The quantitative estimate of drug-likeness (QED) is 0.771. The molecule has 3 heterocycles. The lowest BCUT2D eigenvalue weighted by Crippen LogP contribution is -2.36. The van der Waals surface area contributed by atoms with Gasteiger partial charge in [0.25, 0.3) is 5.91 Å². The molecule has 0 radical (unpaired) electrons. The maximum absolute atomic E-state index is 12.5. The summed E-state index contributed by atoms with van der Waals surface area (Å²) in [6.07, 6.45) is 8.81. The number of rotatable bonds is 3. The van der Waals surface area contributed by atoms with Crippen LogP contribution in [0.5, 0.6) is 0 Å². The van der Waals surface area contributed by atoms with Crippen LogP contribution < -0.4 is 11.1 Å². The van der Waals surface area contributed by atoms with Gasteiger partial charge in [-0.3, -0.25) is 4.79 Å². The van der Waals surface area contributed by atoms with Crippen LogP contribution in [-0.2, 0) is 0 Å². The molecular weight excluding hydrogens is 306 g/mol. The molecule has 0 unspecified atom stereocenters. The fourth-order valence-electron chi connectivity index (χ4n) is 3.17. The zero-order chi connectivity index (χ0) is 16.5. The molecule has 1 aliphatic carbocycles. The molecule has 24 heavy (non-hydrogen) atoms. The van der Waals surface area contributed by atoms with Crippen molar-refractivity contribution in [3.05, 3.63) is 36.3 Å². The summed E-state index contributed by atoms with van der Waals surface area (Å²) in [6, 6.07) is 5.38. The van der Waals surface area contributed by atoms with Crippen molar-refractivity contribution in [1.29, 1.82) is 0 Å². The number of pyridine rings is 1. The number of hydrogen-bond acceptors (Lipinski definition) is 5. The van der Waals surface area contributed by atoms with Crippen LogP contribution in [0.15, 0.2) is 35.1 Å². The molecule has 3 N–H and O–H groups in total. The Labute approximate surface area is 138 Å². The van der Waals surface area contributed by atoms with E-state index in [-0.39, 0.29) is 11.9 Å². The highest BCUT2D eigenvalue weighted by atomic mass is 16.3. The molecule has 7 nitrogen and oxygen atoms in total. The van der Waals surface area contributed by atoms with E-state index in [1.54, 1.807) is 30.7 Å². The smallest absolute Gasteiger partial charge is 0.251 e. The Balaban J connectivity index is 1.63. The Morgan fingerprint density at radius 3 is 2.88 bits per heavy atom. The number of fused-ring (bicyclic) bond motifs is 1. The Hall–Kier alpha value is -2.83. The van der Waals surface area contributed by atoms with Crippen molar-refractivity contribution >= 4 is 17.4 Å². The third-order valence-corrected chi connectivity index (χ3v) is 4.45. The zero-order valence-corrected chi connectivity index (χ0v) is 13.2. The molecule has 0 saturated heterocycles. The van der Waals surface area contributed by atoms with E-state index in [0.717, 1.165) is 18.4 Å². The molecular formula is C17H19N5O2. The summed E-state index contributed by atoms with van der Waals surface area (Å²) in [5, 5.41) is 7.45. The lowest BCUT2D eigenvalue weighted by atomic mass is 9.95. The third-order valence-electron chi connectivity index (χ3n) is 4.45. The SMILES string of the molecule is Nc1cc(C(=O)NC2CCCCC2)cc2nc(-c3ccoc3)nn12. The van der Waals surface area contributed by atoms with Crippen molar-refractivity contribution in [2.45, 2.75) is 38.1 Å². The van der Waals surface area contributed by atoms with Gasteiger partial charge in [0, 0.05) is 11.6 Å². The third kappa shape index (κ3) is 2.73. The van der Waals surface area contributed by atoms with Crippen molar-refractivity contribution in [1.82, 2.24) is 19.9 Å². The van der Waals surface area contributed by atoms with E-state index < -0.39 is 0 Å². The lowest BCUT2D eigenvalue weighted by Gasteiger charge is -2.22. The molecule has 1 amide bonds. The Morgan fingerprint density at radius 1 is 1.29 bits per heavy atom. The molecule has 3 aromatic heterocycles. The first-order valence-corrected chi connectivity index (χ1v) is 8.20. The van der Waals surface area contributed by atoms with E-state index in [4.69, 9.17) is 10.2 Å². The van der Waals surface area contributed by atoms with Crippen LogP contribution in [0.4, 0.5) is 5.82 Å². The van der Waals surface area contributed by atoms with Crippen LogP contribution in [0.3, 0.4) is 0 Å². The van der Waals surface area contributed by atoms with Gasteiger partial charge < -0.3 is 15.5 Å². The summed E-state index contributed by atoms with van der Waals surface area (Å²) in [7, 11) is 0. The minimum absolute atomic E-state index is 0.107. The number of nitrogens with one attached hydrogen (secondary N) is 1. The number of carbonyl (C=O) groups is 1. The standard InChI is InChI=1S/C17H19N5O2/c18-14-8-12(17(23)19-13-4-2-1-3-5-13)9-15-20-16(21-22(14)15)11-6-7-24-10-11/h6-10,13H,1-5,18H2,(H,19,23). The maximum Gasteiger partial charge on any atom is 0.251 e. The lowest BCUT2D eigenvalue weighted by molar-refractivity contribution is 0.0927. The van der Waals surface area contributed by atoms with Gasteiger partial charge in [-0.25, -0.2) is 4.98 Å². The number of nitrogens with two attached hydrogens (primary N) is 1. The number of hydrogen-bond donors (Lipinski definition) is 2. The summed E-state index contributed by atoms with van der Waals surface area (Å²) in [4.78, 5) is 16.9. The Bertz CT molecular complexity index is 863. The second-order valence-electron chi connectivity index (χ2n) is 6.19. The van der Waals surface area contributed by atoms with Gasteiger partial charge >= 0.3 is 0 Å². The number of nitrogen functional groups attached to an aromatic ring is 1. The van der Waals surface area contributed by atoms with Crippen molar-refractivity contribution in [3.8, 4) is 11.4 Å². The highest BCUT2D eigenvalue weighted by molar-refractivity contribution is 5.96. The molecule has 7 heteroatoms. The minimum atomic E-state index is -0.107. The largest absolute Gasteiger partial charge is 0.472 e. The van der Waals surface area contributed by atoms with Crippen molar-refractivity contribution in [2.75, 3.05) is 5.73 Å². The van der Waals surface area contributed by atoms with E-state index in [1.807, 2.05) is 0 Å². The van der Waals surface area contributed by atoms with Crippen LogP contribution in [0.1, 0.15) is 42.5 Å². The normalized spacial score (nSPS) is 15.7. The van der Waals surface area contributed by atoms with Crippen LogP contribution >= 0.6 is 0 Å². The first-order valence-electron chi connectivity index (χ1n) is 8.20. The number of aromatic nitrogens is 3. The monoisotopic (exact) mass is 325 g/mol. The van der Waals surface area contributed by atoms with Gasteiger partial charge in [0.05, 0.1) is 11.8 Å². The predicted molar refractivity (Wildman–Crippen MR) is 89.4 cm³/mol. The average Bonchev–Trinajstić information content (AvgIpc) is 3.25. The molecule has 0 bridgehead atoms. The molecule has 1 aliphatic rings. The number of amides is 1. The Morgan fingerprint density at radius 2 is 2.12 bits per heavy atom. The zero-order valence-electron chi connectivity index (χ0n) is 13.2. The molecule has 124 valence electrons. The fourth-order valence-corrected chi connectivity index (χ4v) is 3.17. The summed E-state index contributed by atoms with van der Waals surface area (Å²) in [6.45, 7) is 0. The predicted octanol–water partition coefficient (Wildman–Crippen LogP) is 2.63. The van der Waals surface area contributed by atoms with Gasteiger partial charge in [0.2, 0.25) is 0 Å². The topological polar surface area (TPSA) is 98.5 Å². The molecule has 0 aromatic carbocycles. The first kappa shape index (κ1) is 14.7. The van der Waals surface area contributed by atoms with Crippen molar-refractivity contribution in [3.63, 3.8) is 0 Å². The number of nitrogens with zero attached hydrogens (tertiary/aromatic N) is 3. The molecule has 4 rings (SSSR count). The van der Waals surface area contributed by atoms with Crippen LogP contribution in [0, 0.1) is 0 Å². The van der Waals surface area contributed by atoms with Crippen molar-refractivity contribution in [2.24, 2.45) is 0 Å². The number of anilines is 1. The van der Waals surface area contributed by atoms with Gasteiger partial charge in [0.1, 0.15) is 12.1 Å². The van der Waals surface area contributed by atoms with Crippen LogP contribution in [0.25, 0.3) is 17.0 Å². The second-order valence-corrected chi connectivity index (χ2v) is 6.19. The highest BCUT2D eigenvalue weighted by Crippen LogP contribution is 2.21. The summed E-state index contributed by atoms with van der Waals surface area (Å²) in [5.41, 5.74) is 7.87. The van der Waals surface area contributed by atoms with Gasteiger partial charge in [-0.2, -0.15) is 4.52 Å². The maximum atomic E-state index is 12.5. The van der Waals surface area contributed by atoms with Gasteiger partial charge in [0.15, 0.2) is 11.5 Å². The summed E-state index contributed by atoms with van der Waals surface area (Å²) < 4.78 is 6.58. The Kier molecular flexibility index (Phi) is 3.68. The van der Waals surface area contributed by atoms with E-state index in [2.05, 4.69) is 15.4 Å². The molecule has 0 aliphatic heterocycles. The van der Waals surface area contributed by atoms with Crippen molar-refractivity contribution < 1.29 is 9.21 Å². The molecule has 0 atom stereocenters. The van der Waals surface area contributed by atoms with E-state index in [9.17, 15) is 4.79 Å². The van der Waals surface area contributed by atoms with Gasteiger partial charge in [-0.1, -0.05) is 19.3 Å². The van der Waals surface area contributed by atoms with E-state index in [0.29, 0.717) is 22.9 Å². The minimum Gasteiger partial charge on any atom is -0.472 e. The first-order chi connectivity index (χ1) is 11.7. The number of furan rings is 1. The number of carbonyl (C=O) groups excluding carboxylic acids is 1.